The predicted molar refractivity (Wildman–Crippen MR) is 99.7 cm³/mol. The highest BCUT2D eigenvalue weighted by atomic mass is 32.1. The lowest BCUT2D eigenvalue weighted by Crippen LogP contribution is -2.51. The molecule has 1 rings (SSSR count). The average molecular weight is 353 g/mol. The molecule has 0 fully saturated rings. The average Bonchev–Trinajstić information content (AvgIpc) is 2.55. The predicted octanol–water partition coefficient (Wildman–Crippen LogP) is 2.60. The van der Waals surface area contributed by atoms with E-state index < -0.39 is 0 Å². The van der Waals surface area contributed by atoms with Crippen LogP contribution in [-0.2, 0) is 20.8 Å². The SMILES string of the molecule is COC(CNC(=S)C(C(C)C)N(Cc1ccccc1)C(C)=O)OC. The molecule has 1 atom stereocenters. The lowest BCUT2D eigenvalue weighted by atomic mass is 10.0. The van der Waals surface area contributed by atoms with E-state index in [9.17, 15) is 4.79 Å². The van der Waals surface area contributed by atoms with E-state index >= 15 is 0 Å². The normalized spacial score (nSPS) is 12.3. The number of ether oxygens (including phenoxy) is 2. The molecule has 0 bridgehead atoms. The largest absolute Gasteiger partial charge is 0.373 e. The first-order valence-corrected chi connectivity index (χ1v) is 8.46. The van der Waals surface area contributed by atoms with E-state index in [-0.39, 0.29) is 24.2 Å². The summed E-state index contributed by atoms with van der Waals surface area (Å²) in [5.74, 6) is 0.179. The van der Waals surface area contributed by atoms with E-state index in [1.807, 2.05) is 35.2 Å². The summed E-state index contributed by atoms with van der Waals surface area (Å²) in [5.41, 5.74) is 1.08. The molecule has 0 heterocycles. The van der Waals surface area contributed by atoms with Crippen molar-refractivity contribution in [2.75, 3.05) is 20.8 Å². The fourth-order valence-electron chi connectivity index (χ4n) is 2.54. The number of nitrogens with one attached hydrogen (secondary N) is 1. The van der Waals surface area contributed by atoms with Crippen molar-refractivity contribution in [3.63, 3.8) is 0 Å². The van der Waals surface area contributed by atoms with Crippen molar-refractivity contribution in [3.8, 4) is 0 Å². The monoisotopic (exact) mass is 352 g/mol. The van der Waals surface area contributed by atoms with Gasteiger partial charge in [-0.1, -0.05) is 56.4 Å². The van der Waals surface area contributed by atoms with Gasteiger partial charge in [-0.25, -0.2) is 0 Å². The van der Waals surface area contributed by atoms with Crippen molar-refractivity contribution in [1.82, 2.24) is 10.2 Å². The smallest absolute Gasteiger partial charge is 0.220 e. The van der Waals surface area contributed by atoms with E-state index in [2.05, 4.69) is 19.2 Å². The Hall–Kier alpha value is -1.50. The molecule has 0 saturated heterocycles. The second kappa shape index (κ2) is 10.4. The zero-order valence-electron chi connectivity index (χ0n) is 15.1. The van der Waals surface area contributed by atoms with Gasteiger partial charge in [0, 0.05) is 27.7 Å². The van der Waals surface area contributed by atoms with Crippen LogP contribution >= 0.6 is 12.2 Å². The number of rotatable bonds is 9. The zero-order valence-corrected chi connectivity index (χ0v) is 15.9. The van der Waals surface area contributed by atoms with Crippen LogP contribution in [0.15, 0.2) is 30.3 Å². The number of amides is 1. The van der Waals surface area contributed by atoms with Crippen molar-refractivity contribution >= 4 is 23.1 Å². The van der Waals surface area contributed by atoms with Crippen LogP contribution in [0.2, 0.25) is 0 Å². The van der Waals surface area contributed by atoms with E-state index in [1.54, 1.807) is 21.1 Å². The Morgan fingerprint density at radius 1 is 1.21 bits per heavy atom. The Balaban J connectivity index is 2.88. The number of carbonyl (C=O) groups is 1. The summed E-state index contributed by atoms with van der Waals surface area (Å²) in [7, 11) is 3.16. The number of methoxy groups -OCH3 is 2. The van der Waals surface area contributed by atoms with Crippen LogP contribution in [0.5, 0.6) is 0 Å². The summed E-state index contributed by atoms with van der Waals surface area (Å²) in [5, 5.41) is 3.17. The molecule has 24 heavy (non-hydrogen) atoms. The van der Waals surface area contributed by atoms with Gasteiger partial charge in [0.15, 0.2) is 6.29 Å². The molecule has 134 valence electrons. The summed E-state index contributed by atoms with van der Waals surface area (Å²) in [4.78, 5) is 14.7. The third-order valence-electron chi connectivity index (χ3n) is 3.80. The Labute approximate surface area is 150 Å². The first-order valence-electron chi connectivity index (χ1n) is 8.05. The third kappa shape index (κ3) is 6.19. The number of hydrogen-bond donors (Lipinski definition) is 1. The second-order valence-corrected chi connectivity index (χ2v) is 6.41. The minimum atomic E-state index is -0.379. The van der Waals surface area contributed by atoms with Crippen LogP contribution in [0.4, 0.5) is 0 Å². The lowest BCUT2D eigenvalue weighted by Gasteiger charge is -2.35. The molecule has 1 unspecified atom stereocenters. The molecule has 1 aromatic rings. The molecule has 6 heteroatoms. The van der Waals surface area contributed by atoms with E-state index in [4.69, 9.17) is 21.7 Å². The molecule has 0 aromatic heterocycles. The topological polar surface area (TPSA) is 50.8 Å². The van der Waals surface area contributed by atoms with Gasteiger partial charge in [0.1, 0.15) is 0 Å². The molecule has 1 aromatic carbocycles. The van der Waals surface area contributed by atoms with Crippen LogP contribution in [0.25, 0.3) is 0 Å². The van der Waals surface area contributed by atoms with Gasteiger partial charge in [0.25, 0.3) is 0 Å². The number of nitrogens with zero attached hydrogens (tertiary/aromatic N) is 1. The van der Waals surface area contributed by atoms with Crippen LogP contribution in [0.1, 0.15) is 26.3 Å². The van der Waals surface area contributed by atoms with Gasteiger partial charge in [-0.3, -0.25) is 4.79 Å². The molecular formula is C18H28N2O3S. The maximum atomic E-state index is 12.2. The second-order valence-electron chi connectivity index (χ2n) is 5.97. The van der Waals surface area contributed by atoms with Gasteiger partial charge in [-0.15, -0.1) is 0 Å². The number of hydrogen-bond acceptors (Lipinski definition) is 4. The molecule has 5 nitrogen and oxygen atoms in total. The molecule has 0 saturated carbocycles. The first kappa shape index (κ1) is 20.5. The molecule has 0 radical (unpaired) electrons. The minimum absolute atomic E-state index is 0.00302. The highest BCUT2D eigenvalue weighted by Gasteiger charge is 2.28. The van der Waals surface area contributed by atoms with Crippen LogP contribution in [-0.4, -0.2) is 48.9 Å². The van der Waals surface area contributed by atoms with Crippen molar-refractivity contribution in [2.24, 2.45) is 5.92 Å². The lowest BCUT2D eigenvalue weighted by molar-refractivity contribution is -0.131. The van der Waals surface area contributed by atoms with Gasteiger partial charge in [0.05, 0.1) is 17.6 Å². The van der Waals surface area contributed by atoms with E-state index in [0.717, 1.165) is 5.56 Å². The van der Waals surface area contributed by atoms with Gasteiger partial charge in [-0.2, -0.15) is 0 Å². The van der Waals surface area contributed by atoms with Crippen LogP contribution < -0.4 is 5.32 Å². The summed E-state index contributed by atoms with van der Waals surface area (Å²) in [6.45, 7) is 6.66. The van der Waals surface area contributed by atoms with Crippen LogP contribution in [0.3, 0.4) is 0 Å². The van der Waals surface area contributed by atoms with Gasteiger partial charge < -0.3 is 19.7 Å². The molecule has 0 aliphatic carbocycles. The fourth-order valence-corrected chi connectivity index (χ4v) is 3.02. The molecule has 0 spiro atoms. The highest BCUT2D eigenvalue weighted by molar-refractivity contribution is 7.80. The van der Waals surface area contributed by atoms with Crippen molar-refractivity contribution in [1.29, 1.82) is 0 Å². The van der Waals surface area contributed by atoms with Crippen molar-refractivity contribution < 1.29 is 14.3 Å². The summed E-state index contributed by atoms with van der Waals surface area (Å²) in [6, 6.07) is 9.73. The molecule has 0 aliphatic heterocycles. The minimum Gasteiger partial charge on any atom is -0.373 e. The zero-order chi connectivity index (χ0) is 18.1. The van der Waals surface area contributed by atoms with Gasteiger partial charge in [-0.05, 0) is 11.5 Å². The number of benzene rings is 1. The quantitative estimate of drug-likeness (QED) is 0.547. The Kier molecular flexibility index (Phi) is 8.89. The van der Waals surface area contributed by atoms with E-state index in [1.165, 1.54) is 0 Å². The maximum Gasteiger partial charge on any atom is 0.220 e. The van der Waals surface area contributed by atoms with Gasteiger partial charge in [0.2, 0.25) is 5.91 Å². The molecule has 1 amide bonds. The fraction of sp³-hybridized carbons (Fsp3) is 0.556. The Bertz CT molecular complexity index is 518. The molecule has 0 aliphatic rings. The summed E-state index contributed by atoms with van der Waals surface area (Å²) < 4.78 is 10.3. The Morgan fingerprint density at radius 3 is 2.25 bits per heavy atom. The van der Waals surface area contributed by atoms with E-state index in [0.29, 0.717) is 18.1 Å². The van der Waals surface area contributed by atoms with Crippen molar-refractivity contribution in [3.05, 3.63) is 35.9 Å². The molecule has 1 N–H and O–H groups in total. The summed E-state index contributed by atoms with van der Waals surface area (Å²) in [6.07, 6.45) is -0.379. The summed E-state index contributed by atoms with van der Waals surface area (Å²) >= 11 is 5.56. The molecular weight excluding hydrogens is 324 g/mol. The highest BCUT2D eigenvalue weighted by Crippen LogP contribution is 2.17. The number of carbonyl (C=O) groups excluding carboxylic acids is 1. The maximum absolute atomic E-state index is 12.2. The van der Waals surface area contributed by atoms with Gasteiger partial charge >= 0.3 is 0 Å². The van der Waals surface area contributed by atoms with Crippen LogP contribution in [0, 0.1) is 5.92 Å². The van der Waals surface area contributed by atoms with Crippen molar-refractivity contribution in [2.45, 2.75) is 39.6 Å². The Morgan fingerprint density at radius 2 is 1.79 bits per heavy atom. The first-order chi connectivity index (χ1) is 11.4. The third-order valence-corrected chi connectivity index (χ3v) is 4.19. The number of thiocarbonyl (C=S) groups is 1. The standard InChI is InChI=1S/C18H28N2O3S/c1-13(2)17(18(24)19-11-16(22-4)23-5)20(14(3)21)12-15-9-7-6-8-10-15/h6-10,13,16-17H,11-12H2,1-5H3,(H,19,24).